The van der Waals surface area contributed by atoms with E-state index in [9.17, 15) is 31.2 Å². The molecule has 0 bridgehead atoms. The SMILES string of the molecule is COc1ccc(C(=O)NNC(=O)CCNS(=O)(=O)c2ccc(OC(F)(F)F)cc2)cc1OC. The van der Waals surface area contributed by atoms with Crippen molar-refractivity contribution in [2.45, 2.75) is 17.7 Å². The van der Waals surface area contributed by atoms with E-state index in [-0.39, 0.29) is 23.4 Å². The van der Waals surface area contributed by atoms with E-state index in [0.717, 1.165) is 24.3 Å². The van der Waals surface area contributed by atoms with Crippen LogP contribution in [0, 0.1) is 0 Å². The van der Waals surface area contributed by atoms with Gasteiger partial charge in [0.25, 0.3) is 5.91 Å². The Kier molecular flexibility index (Phi) is 8.48. The highest BCUT2D eigenvalue weighted by molar-refractivity contribution is 7.89. The number of carbonyl (C=O) groups excluding carboxylic acids is 2. The summed E-state index contributed by atoms with van der Waals surface area (Å²) in [5.74, 6) is -1.20. The smallest absolute Gasteiger partial charge is 0.493 e. The molecule has 33 heavy (non-hydrogen) atoms. The molecule has 0 unspecified atom stereocenters. The van der Waals surface area contributed by atoms with Crippen molar-refractivity contribution in [1.82, 2.24) is 15.6 Å². The summed E-state index contributed by atoms with van der Waals surface area (Å²) in [6.07, 6.45) is -5.23. The van der Waals surface area contributed by atoms with Gasteiger partial charge in [0.1, 0.15) is 5.75 Å². The van der Waals surface area contributed by atoms with Crippen LogP contribution in [0.25, 0.3) is 0 Å². The lowest BCUT2D eigenvalue weighted by Gasteiger charge is -2.11. The van der Waals surface area contributed by atoms with E-state index in [0.29, 0.717) is 11.5 Å². The van der Waals surface area contributed by atoms with Gasteiger partial charge in [-0.05, 0) is 42.5 Å². The fourth-order valence-corrected chi connectivity index (χ4v) is 3.47. The Morgan fingerprint density at radius 2 is 1.58 bits per heavy atom. The second-order valence-electron chi connectivity index (χ2n) is 6.24. The molecule has 2 rings (SSSR count). The second-order valence-corrected chi connectivity index (χ2v) is 8.01. The average Bonchev–Trinajstić information content (AvgIpc) is 2.76. The maximum absolute atomic E-state index is 12.2. The zero-order valence-electron chi connectivity index (χ0n) is 17.4. The molecule has 2 aromatic carbocycles. The molecule has 3 N–H and O–H groups in total. The first-order chi connectivity index (χ1) is 15.4. The first kappa shape index (κ1) is 25.7. The number of carbonyl (C=O) groups is 2. The van der Waals surface area contributed by atoms with Gasteiger partial charge in [0, 0.05) is 18.5 Å². The minimum absolute atomic E-state index is 0.173. The average molecular weight is 491 g/mol. The lowest BCUT2D eigenvalue weighted by Crippen LogP contribution is -2.42. The third kappa shape index (κ3) is 7.84. The Morgan fingerprint density at radius 1 is 0.939 bits per heavy atom. The fourth-order valence-electron chi connectivity index (χ4n) is 2.44. The molecule has 0 saturated carbocycles. The molecule has 14 heteroatoms. The van der Waals surface area contributed by atoms with Gasteiger partial charge < -0.3 is 14.2 Å². The van der Waals surface area contributed by atoms with Crippen LogP contribution in [0.3, 0.4) is 0 Å². The Balaban J connectivity index is 1.83. The number of ether oxygens (including phenoxy) is 3. The van der Waals surface area contributed by atoms with Gasteiger partial charge in [-0.15, -0.1) is 13.2 Å². The maximum atomic E-state index is 12.2. The number of rotatable bonds is 9. The number of halogens is 3. The zero-order valence-corrected chi connectivity index (χ0v) is 18.2. The van der Waals surface area contributed by atoms with Crippen molar-refractivity contribution in [3.05, 3.63) is 48.0 Å². The highest BCUT2D eigenvalue weighted by atomic mass is 32.2. The van der Waals surface area contributed by atoms with Gasteiger partial charge >= 0.3 is 6.36 Å². The first-order valence-corrected chi connectivity index (χ1v) is 10.6. The lowest BCUT2D eigenvalue weighted by atomic mass is 10.2. The van der Waals surface area contributed by atoms with Crippen LogP contribution in [-0.4, -0.2) is 47.4 Å². The molecular formula is C19H20F3N3O7S. The lowest BCUT2D eigenvalue weighted by molar-refractivity contribution is -0.274. The number of hydrogen-bond acceptors (Lipinski definition) is 7. The molecular weight excluding hydrogens is 471 g/mol. The molecule has 0 aromatic heterocycles. The number of nitrogens with one attached hydrogen (secondary N) is 3. The van der Waals surface area contributed by atoms with Crippen molar-refractivity contribution < 1.29 is 45.4 Å². The number of methoxy groups -OCH3 is 2. The third-order valence-corrected chi connectivity index (χ3v) is 5.45. The van der Waals surface area contributed by atoms with Gasteiger partial charge in [-0.3, -0.25) is 20.4 Å². The van der Waals surface area contributed by atoms with E-state index in [4.69, 9.17) is 9.47 Å². The summed E-state index contributed by atoms with van der Waals surface area (Å²) in [6, 6.07) is 7.89. The van der Waals surface area contributed by atoms with Crippen molar-refractivity contribution >= 4 is 21.8 Å². The maximum Gasteiger partial charge on any atom is 0.573 e. The quantitative estimate of drug-likeness (QED) is 0.455. The second kappa shape index (κ2) is 10.9. The summed E-state index contributed by atoms with van der Waals surface area (Å²) in [5.41, 5.74) is 4.48. The van der Waals surface area contributed by atoms with Gasteiger partial charge in [-0.25, -0.2) is 13.1 Å². The van der Waals surface area contributed by atoms with Crippen LogP contribution < -0.4 is 29.8 Å². The van der Waals surface area contributed by atoms with E-state index in [1.54, 1.807) is 0 Å². The molecule has 0 aliphatic carbocycles. The molecule has 2 amide bonds. The number of benzene rings is 2. The number of hydrazine groups is 1. The molecule has 0 aliphatic heterocycles. The van der Waals surface area contributed by atoms with Crippen LogP contribution in [0.1, 0.15) is 16.8 Å². The standard InChI is InChI=1S/C19H20F3N3O7S/c1-30-15-8-3-12(11-16(15)31-2)18(27)25-24-17(26)9-10-23-33(28,29)14-6-4-13(5-7-14)32-19(20,21)22/h3-8,11,23H,9-10H2,1-2H3,(H,24,26)(H,25,27). The van der Waals surface area contributed by atoms with Gasteiger partial charge in [0.05, 0.1) is 19.1 Å². The van der Waals surface area contributed by atoms with Gasteiger partial charge in [0.2, 0.25) is 15.9 Å². The van der Waals surface area contributed by atoms with Crippen molar-refractivity contribution in [2.24, 2.45) is 0 Å². The summed E-state index contributed by atoms with van der Waals surface area (Å²) in [4.78, 5) is 23.7. The highest BCUT2D eigenvalue weighted by Gasteiger charge is 2.31. The molecule has 0 fully saturated rings. The van der Waals surface area contributed by atoms with Crippen LogP contribution in [0.4, 0.5) is 13.2 Å². The fraction of sp³-hybridized carbons (Fsp3) is 0.263. The minimum Gasteiger partial charge on any atom is -0.493 e. The Labute approximate surface area is 187 Å². The molecule has 2 aromatic rings. The van der Waals surface area contributed by atoms with Crippen LogP contribution in [0.5, 0.6) is 17.2 Å². The van der Waals surface area contributed by atoms with Crippen LogP contribution in [0.2, 0.25) is 0 Å². The Bertz CT molecular complexity index is 1090. The predicted octanol–water partition coefficient (Wildman–Crippen LogP) is 1.73. The Morgan fingerprint density at radius 3 is 2.15 bits per heavy atom. The molecule has 0 saturated heterocycles. The summed E-state index contributed by atoms with van der Waals surface area (Å²) < 4.78 is 76.8. The van der Waals surface area contributed by atoms with Crippen molar-refractivity contribution in [2.75, 3.05) is 20.8 Å². The monoisotopic (exact) mass is 491 g/mol. The first-order valence-electron chi connectivity index (χ1n) is 9.12. The normalized spacial score (nSPS) is 11.4. The number of amides is 2. The number of sulfonamides is 1. The van der Waals surface area contributed by atoms with E-state index in [2.05, 4.69) is 20.3 Å². The molecule has 180 valence electrons. The van der Waals surface area contributed by atoms with Gasteiger partial charge in [-0.2, -0.15) is 0 Å². The molecule has 0 atom stereocenters. The van der Waals surface area contributed by atoms with Gasteiger partial charge in [0.15, 0.2) is 11.5 Å². The van der Waals surface area contributed by atoms with Crippen LogP contribution >= 0.6 is 0 Å². The third-order valence-electron chi connectivity index (χ3n) is 3.97. The summed E-state index contributed by atoms with van der Waals surface area (Å²) >= 11 is 0. The van der Waals surface area contributed by atoms with Crippen molar-refractivity contribution in [1.29, 1.82) is 0 Å². The van der Waals surface area contributed by atoms with Gasteiger partial charge in [-0.1, -0.05) is 0 Å². The largest absolute Gasteiger partial charge is 0.573 e. The molecule has 0 radical (unpaired) electrons. The minimum atomic E-state index is -4.90. The highest BCUT2D eigenvalue weighted by Crippen LogP contribution is 2.27. The summed E-state index contributed by atoms with van der Waals surface area (Å²) in [5, 5.41) is 0. The number of alkyl halides is 3. The van der Waals surface area contributed by atoms with E-state index in [1.165, 1.54) is 32.4 Å². The predicted molar refractivity (Wildman–Crippen MR) is 108 cm³/mol. The number of hydrogen-bond donors (Lipinski definition) is 3. The molecule has 10 nitrogen and oxygen atoms in total. The topological polar surface area (TPSA) is 132 Å². The summed E-state index contributed by atoms with van der Waals surface area (Å²) in [6.45, 7) is -0.332. The van der Waals surface area contributed by atoms with E-state index < -0.39 is 33.9 Å². The molecule has 0 spiro atoms. The van der Waals surface area contributed by atoms with E-state index in [1.807, 2.05) is 0 Å². The van der Waals surface area contributed by atoms with Crippen LogP contribution in [-0.2, 0) is 14.8 Å². The molecule has 0 heterocycles. The van der Waals surface area contributed by atoms with E-state index >= 15 is 0 Å². The Hall–Kier alpha value is -3.52. The summed E-state index contributed by atoms with van der Waals surface area (Å²) in [7, 11) is -1.26. The van der Waals surface area contributed by atoms with Crippen molar-refractivity contribution in [3.8, 4) is 17.2 Å². The molecule has 0 aliphatic rings. The van der Waals surface area contributed by atoms with Crippen molar-refractivity contribution in [3.63, 3.8) is 0 Å². The van der Waals surface area contributed by atoms with Crippen LogP contribution in [0.15, 0.2) is 47.4 Å². The zero-order chi connectivity index (χ0) is 24.6.